The molecule has 86 valence electrons. The lowest BCUT2D eigenvalue weighted by Crippen LogP contribution is -1.91. The van der Waals surface area contributed by atoms with Crippen molar-refractivity contribution in [1.29, 1.82) is 0 Å². The number of para-hydroxylation sites is 2. The number of aromatic nitrogens is 1. The lowest BCUT2D eigenvalue weighted by molar-refractivity contribution is 0.827. The third-order valence-electron chi connectivity index (χ3n) is 3.00. The van der Waals surface area contributed by atoms with Crippen LogP contribution < -0.4 is 0 Å². The number of rotatable bonds is 1. The molecule has 0 unspecified atom stereocenters. The van der Waals surface area contributed by atoms with Crippen molar-refractivity contribution in [3.8, 4) is 0 Å². The minimum atomic E-state index is 1.02. The Morgan fingerprint density at radius 2 is 1.24 bits per heavy atom. The van der Waals surface area contributed by atoms with Crippen LogP contribution in [0.1, 0.15) is 6.92 Å². The average Bonchev–Trinajstić information content (AvgIpc) is 2.75. The summed E-state index contributed by atoms with van der Waals surface area (Å²) in [6, 6.07) is 17.2. The molecular formula is C16H17N. The van der Waals surface area contributed by atoms with E-state index in [2.05, 4.69) is 73.2 Å². The van der Waals surface area contributed by atoms with Crippen LogP contribution in [0.4, 0.5) is 0 Å². The Hall–Kier alpha value is -2.02. The van der Waals surface area contributed by atoms with E-state index in [-0.39, 0.29) is 0 Å². The van der Waals surface area contributed by atoms with Gasteiger partial charge in [-0.1, -0.05) is 36.4 Å². The van der Waals surface area contributed by atoms with Crippen molar-refractivity contribution in [3.05, 3.63) is 61.7 Å². The molecule has 0 aliphatic carbocycles. The molecule has 0 N–H and O–H groups in total. The van der Waals surface area contributed by atoms with Gasteiger partial charge < -0.3 is 4.57 Å². The summed E-state index contributed by atoms with van der Waals surface area (Å²) >= 11 is 0. The molecule has 3 rings (SSSR count). The Bertz CT molecular complexity index is 581. The lowest BCUT2D eigenvalue weighted by atomic mass is 10.2. The van der Waals surface area contributed by atoms with E-state index >= 15 is 0 Å². The van der Waals surface area contributed by atoms with E-state index in [9.17, 15) is 0 Å². The number of nitrogens with zero attached hydrogens (tertiary/aromatic N) is 1. The minimum Gasteiger partial charge on any atom is -0.341 e. The van der Waals surface area contributed by atoms with Gasteiger partial charge in [0.15, 0.2) is 0 Å². The zero-order valence-electron chi connectivity index (χ0n) is 10.2. The highest BCUT2D eigenvalue weighted by Crippen LogP contribution is 2.28. The molecule has 0 fully saturated rings. The average molecular weight is 223 g/mol. The molecule has 0 saturated heterocycles. The van der Waals surface area contributed by atoms with E-state index in [0.29, 0.717) is 0 Å². The molecule has 0 radical (unpaired) electrons. The summed E-state index contributed by atoms with van der Waals surface area (Å²) in [5.74, 6) is 0. The van der Waals surface area contributed by atoms with Crippen molar-refractivity contribution in [1.82, 2.24) is 4.57 Å². The van der Waals surface area contributed by atoms with Gasteiger partial charge in [-0.3, -0.25) is 0 Å². The normalized spacial score (nSPS) is 10.2. The minimum absolute atomic E-state index is 1.02. The maximum absolute atomic E-state index is 3.00. The van der Waals surface area contributed by atoms with Crippen LogP contribution in [0.3, 0.4) is 0 Å². The quantitative estimate of drug-likeness (QED) is 0.531. The van der Waals surface area contributed by atoms with Crippen LogP contribution in [-0.4, -0.2) is 4.57 Å². The van der Waals surface area contributed by atoms with Gasteiger partial charge in [-0.05, 0) is 19.1 Å². The molecule has 0 amide bonds. The summed E-state index contributed by atoms with van der Waals surface area (Å²) in [5, 5.41) is 2.71. The number of benzene rings is 2. The summed E-state index contributed by atoms with van der Waals surface area (Å²) in [6.07, 6.45) is 0. The van der Waals surface area contributed by atoms with Crippen molar-refractivity contribution in [3.63, 3.8) is 0 Å². The van der Waals surface area contributed by atoms with Crippen molar-refractivity contribution in [2.45, 2.75) is 13.5 Å². The highest BCUT2D eigenvalue weighted by molar-refractivity contribution is 6.07. The van der Waals surface area contributed by atoms with Gasteiger partial charge in [0.1, 0.15) is 0 Å². The molecule has 0 atom stereocenters. The summed E-state index contributed by atoms with van der Waals surface area (Å²) in [5.41, 5.74) is 2.67. The molecule has 3 aromatic rings. The zero-order valence-corrected chi connectivity index (χ0v) is 10.2. The second-order valence-corrected chi connectivity index (χ2v) is 3.78. The maximum Gasteiger partial charge on any atom is 0.0491 e. The Kier molecular flexibility index (Phi) is 3.29. The van der Waals surface area contributed by atoms with E-state index in [4.69, 9.17) is 0 Å². The Morgan fingerprint density at radius 1 is 0.824 bits per heavy atom. The molecule has 0 aliphatic heterocycles. The summed E-state index contributed by atoms with van der Waals surface area (Å²) in [6.45, 7) is 9.22. The first-order chi connectivity index (χ1) is 8.42. The SMILES string of the molecule is C=C.CCn1c2ccccc2c2ccccc21. The lowest BCUT2D eigenvalue weighted by Gasteiger charge is -2.01. The van der Waals surface area contributed by atoms with Gasteiger partial charge in [-0.15, -0.1) is 13.2 Å². The largest absolute Gasteiger partial charge is 0.341 e. The van der Waals surface area contributed by atoms with Gasteiger partial charge in [0.2, 0.25) is 0 Å². The van der Waals surface area contributed by atoms with E-state index in [1.165, 1.54) is 21.8 Å². The Balaban J connectivity index is 0.000000514. The van der Waals surface area contributed by atoms with Crippen molar-refractivity contribution in [2.24, 2.45) is 0 Å². The molecule has 1 nitrogen and oxygen atoms in total. The second kappa shape index (κ2) is 4.88. The first-order valence-corrected chi connectivity index (χ1v) is 5.88. The van der Waals surface area contributed by atoms with Crippen LogP contribution in [0.5, 0.6) is 0 Å². The van der Waals surface area contributed by atoms with Gasteiger partial charge in [0, 0.05) is 28.4 Å². The molecular weight excluding hydrogens is 206 g/mol. The second-order valence-electron chi connectivity index (χ2n) is 3.78. The fourth-order valence-corrected chi connectivity index (χ4v) is 2.34. The Morgan fingerprint density at radius 3 is 1.65 bits per heavy atom. The molecule has 0 saturated carbocycles. The molecule has 1 heterocycles. The summed E-state index contributed by atoms with van der Waals surface area (Å²) < 4.78 is 2.37. The van der Waals surface area contributed by atoms with Gasteiger partial charge in [0.25, 0.3) is 0 Å². The van der Waals surface area contributed by atoms with Crippen LogP contribution in [0, 0.1) is 0 Å². The number of aryl methyl sites for hydroxylation is 1. The van der Waals surface area contributed by atoms with Crippen molar-refractivity contribution >= 4 is 21.8 Å². The highest BCUT2D eigenvalue weighted by atomic mass is 15.0. The number of fused-ring (bicyclic) bond motifs is 3. The van der Waals surface area contributed by atoms with Crippen LogP contribution in [0.2, 0.25) is 0 Å². The standard InChI is InChI=1S/C14H13N.C2H4/c1-2-15-13-9-5-3-7-11(13)12-8-4-6-10-14(12)15;1-2/h3-10H,2H2,1H3;1-2H2. The predicted octanol–water partition coefficient (Wildman–Crippen LogP) is 4.62. The van der Waals surface area contributed by atoms with Crippen LogP contribution in [0.15, 0.2) is 61.7 Å². The Labute approximate surface area is 102 Å². The molecule has 0 spiro atoms. The molecule has 1 heteroatoms. The van der Waals surface area contributed by atoms with Crippen molar-refractivity contribution in [2.75, 3.05) is 0 Å². The summed E-state index contributed by atoms with van der Waals surface area (Å²) in [4.78, 5) is 0. The molecule has 0 aliphatic rings. The fraction of sp³-hybridized carbons (Fsp3) is 0.125. The van der Waals surface area contributed by atoms with E-state index < -0.39 is 0 Å². The monoisotopic (exact) mass is 223 g/mol. The first kappa shape index (κ1) is 11.5. The maximum atomic E-state index is 3.00. The molecule has 2 aromatic carbocycles. The fourth-order valence-electron chi connectivity index (χ4n) is 2.34. The van der Waals surface area contributed by atoms with Gasteiger partial charge in [-0.25, -0.2) is 0 Å². The summed E-state index contributed by atoms with van der Waals surface area (Å²) in [7, 11) is 0. The number of hydrogen-bond acceptors (Lipinski definition) is 0. The van der Waals surface area contributed by atoms with E-state index in [0.717, 1.165) is 6.54 Å². The van der Waals surface area contributed by atoms with E-state index in [1.807, 2.05) is 0 Å². The van der Waals surface area contributed by atoms with Gasteiger partial charge in [0.05, 0.1) is 0 Å². The van der Waals surface area contributed by atoms with Gasteiger partial charge >= 0.3 is 0 Å². The molecule has 17 heavy (non-hydrogen) atoms. The molecule has 0 bridgehead atoms. The van der Waals surface area contributed by atoms with E-state index in [1.54, 1.807) is 0 Å². The third-order valence-corrected chi connectivity index (χ3v) is 3.00. The first-order valence-electron chi connectivity index (χ1n) is 5.88. The van der Waals surface area contributed by atoms with Crippen LogP contribution >= 0.6 is 0 Å². The topological polar surface area (TPSA) is 4.93 Å². The highest BCUT2D eigenvalue weighted by Gasteiger charge is 2.06. The van der Waals surface area contributed by atoms with Crippen molar-refractivity contribution < 1.29 is 0 Å². The van der Waals surface area contributed by atoms with Crippen LogP contribution in [0.25, 0.3) is 21.8 Å². The molecule has 1 aromatic heterocycles. The third kappa shape index (κ3) is 1.74. The van der Waals surface area contributed by atoms with Gasteiger partial charge in [-0.2, -0.15) is 0 Å². The zero-order chi connectivity index (χ0) is 12.3. The predicted molar refractivity (Wildman–Crippen MR) is 76.4 cm³/mol. The van der Waals surface area contributed by atoms with Crippen LogP contribution in [-0.2, 0) is 6.54 Å². The number of hydrogen-bond donors (Lipinski definition) is 0. The smallest absolute Gasteiger partial charge is 0.0491 e.